The number of benzene rings is 2. The molecule has 0 fully saturated rings. The molecule has 0 unspecified atom stereocenters. The van der Waals surface area contributed by atoms with E-state index in [1.807, 2.05) is 6.92 Å². The maximum Gasteiger partial charge on any atom is 0.337 e. The molecule has 6 nitrogen and oxygen atoms in total. The largest absolute Gasteiger partial charge is 0.478 e. The van der Waals surface area contributed by atoms with Crippen molar-refractivity contribution in [2.24, 2.45) is 0 Å². The first-order valence-electron chi connectivity index (χ1n) is 10.8. The summed E-state index contributed by atoms with van der Waals surface area (Å²) in [5.74, 6) is -2.31. The highest BCUT2D eigenvalue weighted by Crippen LogP contribution is 2.24. The minimum atomic E-state index is -1.01. The van der Waals surface area contributed by atoms with Crippen LogP contribution in [0.2, 0.25) is 0 Å². The lowest BCUT2D eigenvalue weighted by atomic mass is 9.99. The monoisotopic (exact) mass is 438 g/mol. The van der Waals surface area contributed by atoms with Crippen molar-refractivity contribution in [1.29, 1.82) is 0 Å². The highest BCUT2D eigenvalue weighted by molar-refractivity contribution is 5.96. The van der Waals surface area contributed by atoms with Gasteiger partial charge in [-0.3, -0.25) is 9.36 Å². The number of nitrogens with zero attached hydrogens (tertiary/aromatic N) is 2. The van der Waals surface area contributed by atoms with Gasteiger partial charge in [-0.1, -0.05) is 62.7 Å². The van der Waals surface area contributed by atoms with E-state index in [-0.39, 0.29) is 24.2 Å². The van der Waals surface area contributed by atoms with E-state index in [0.717, 1.165) is 17.5 Å². The number of rotatable bonds is 9. The van der Waals surface area contributed by atoms with Gasteiger partial charge in [0.15, 0.2) is 0 Å². The summed E-state index contributed by atoms with van der Waals surface area (Å²) in [6, 6.07) is 13.9. The molecule has 1 heterocycles. The van der Waals surface area contributed by atoms with E-state index in [2.05, 4.69) is 0 Å². The van der Waals surface area contributed by atoms with Gasteiger partial charge in [0.1, 0.15) is 0 Å². The van der Waals surface area contributed by atoms with E-state index < -0.39 is 23.5 Å². The Morgan fingerprint density at radius 1 is 1.00 bits per heavy atom. The number of hydrogen-bond donors (Lipinski definition) is 1. The fraction of sp³-hybridized carbons (Fsp3) is 0.320. The molecular formula is C25H27FN2O4. The van der Waals surface area contributed by atoms with Crippen LogP contribution in [0.15, 0.2) is 53.3 Å². The first-order valence-corrected chi connectivity index (χ1v) is 10.8. The Morgan fingerprint density at radius 2 is 1.69 bits per heavy atom. The summed E-state index contributed by atoms with van der Waals surface area (Å²) >= 11 is 0. The van der Waals surface area contributed by atoms with Crippen LogP contribution < -0.4 is 5.69 Å². The van der Waals surface area contributed by atoms with Crippen LogP contribution in [0.3, 0.4) is 0 Å². The SMILES string of the molecule is CCCCc1c(F)n(C(=O)CCC)c(=O)n1Cc1ccc(-c2ccccc2C(=O)O)cc1. The van der Waals surface area contributed by atoms with E-state index >= 15 is 4.39 Å². The van der Waals surface area contributed by atoms with Crippen LogP contribution in [0.1, 0.15) is 65.9 Å². The number of aromatic carboxylic acids is 1. The number of carboxylic acid groups (broad SMARTS) is 1. The molecule has 0 saturated carbocycles. The highest BCUT2D eigenvalue weighted by atomic mass is 19.1. The Morgan fingerprint density at radius 3 is 2.31 bits per heavy atom. The van der Waals surface area contributed by atoms with Crippen molar-refractivity contribution in [1.82, 2.24) is 9.13 Å². The molecule has 0 saturated heterocycles. The zero-order valence-corrected chi connectivity index (χ0v) is 18.3. The summed E-state index contributed by atoms with van der Waals surface area (Å²) in [7, 11) is 0. The van der Waals surface area contributed by atoms with Gasteiger partial charge in [0, 0.05) is 6.42 Å². The molecule has 0 amide bonds. The summed E-state index contributed by atoms with van der Waals surface area (Å²) in [4.78, 5) is 36.7. The molecule has 0 aliphatic carbocycles. The molecular weight excluding hydrogens is 411 g/mol. The Bertz CT molecular complexity index is 1180. The van der Waals surface area contributed by atoms with Crippen LogP contribution in [0.4, 0.5) is 4.39 Å². The van der Waals surface area contributed by atoms with Gasteiger partial charge in [0.2, 0.25) is 11.9 Å². The number of aromatic nitrogens is 2. The van der Waals surface area contributed by atoms with Gasteiger partial charge in [0.05, 0.1) is 17.8 Å². The molecule has 168 valence electrons. The molecule has 3 aromatic rings. The Hall–Kier alpha value is -3.48. The van der Waals surface area contributed by atoms with Crippen LogP contribution in [-0.4, -0.2) is 26.1 Å². The van der Waals surface area contributed by atoms with E-state index in [4.69, 9.17) is 0 Å². The standard InChI is InChI=1S/C25H27FN2O4/c1-3-5-11-21-23(26)28(22(29)8-4-2)25(32)27(21)16-17-12-14-18(15-13-17)19-9-6-7-10-20(19)24(30)31/h6-7,9-10,12-15H,3-5,8,11,16H2,1-2H3,(H,30,31). The second-order valence-electron chi connectivity index (χ2n) is 7.74. The van der Waals surface area contributed by atoms with E-state index in [1.54, 1.807) is 55.5 Å². The van der Waals surface area contributed by atoms with Gasteiger partial charge in [-0.15, -0.1) is 0 Å². The summed E-state index contributed by atoms with van der Waals surface area (Å²) in [5, 5.41) is 9.42. The Labute approximate surface area is 185 Å². The van der Waals surface area contributed by atoms with Crippen molar-refractivity contribution in [3.63, 3.8) is 0 Å². The number of halogens is 1. The minimum Gasteiger partial charge on any atom is -0.478 e. The predicted octanol–water partition coefficient (Wildman–Crippen LogP) is 4.99. The second-order valence-corrected chi connectivity index (χ2v) is 7.74. The van der Waals surface area contributed by atoms with Crippen LogP contribution >= 0.6 is 0 Å². The van der Waals surface area contributed by atoms with Crippen molar-refractivity contribution < 1.29 is 19.1 Å². The fourth-order valence-electron chi connectivity index (χ4n) is 3.74. The molecule has 7 heteroatoms. The predicted molar refractivity (Wildman–Crippen MR) is 121 cm³/mol. The van der Waals surface area contributed by atoms with Crippen molar-refractivity contribution in [3.05, 3.63) is 81.8 Å². The van der Waals surface area contributed by atoms with Crippen molar-refractivity contribution in [3.8, 4) is 11.1 Å². The molecule has 1 N–H and O–H groups in total. The third kappa shape index (κ3) is 4.72. The second kappa shape index (κ2) is 10.2. The topological polar surface area (TPSA) is 81.3 Å². The summed E-state index contributed by atoms with van der Waals surface area (Å²) < 4.78 is 17.0. The summed E-state index contributed by atoms with van der Waals surface area (Å²) in [5.41, 5.74) is 1.85. The van der Waals surface area contributed by atoms with Gasteiger partial charge in [0.25, 0.3) is 0 Å². The molecule has 0 radical (unpaired) electrons. The van der Waals surface area contributed by atoms with Crippen LogP contribution in [-0.2, 0) is 13.0 Å². The molecule has 1 aromatic heterocycles. The van der Waals surface area contributed by atoms with E-state index in [0.29, 0.717) is 29.4 Å². The number of unbranched alkanes of at least 4 members (excludes halogenated alkanes) is 1. The van der Waals surface area contributed by atoms with Crippen LogP contribution in [0.5, 0.6) is 0 Å². The molecule has 0 atom stereocenters. The number of carbonyl (C=O) groups is 2. The normalized spacial score (nSPS) is 11.0. The average molecular weight is 438 g/mol. The van der Waals surface area contributed by atoms with Gasteiger partial charge < -0.3 is 5.11 Å². The van der Waals surface area contributed by atoms with Gasteiger partial charge in [-0.2, -0.15) is 4.39 Å². The maximum absolute atomic E-state index is 15.0. The van der Waals surface area contributed by atoms with Crippen molar-refractivity contribution >= 4 is 11.9 Å². The average Bonchev–Trinajstić information content (AvgIpc) is 3.01. The van der Waals surface area contributed by atoms with Crippen molar-refractivity contribution in [2.75, 3.05) is 0 Å². The Kier molecular flexibility index (Phi) is 7.41. The number of imidazole rings is 1. The quantitative estimate of drug-likeness (QED) is 0.511. The van der Waals surface area contributed by atoms with Crippen molar-refractivity contribution in [2.45, 2.75) is 52.5 Å². The molecule has 2 aromatic carbocycles. The molecule has 0 aliphatic heterocycles. The van der Waals surface area contributed by atoms with E-state index in [9.17, 15) is 19.5 Å². The molecule has 0 spiro atoms. The zero-order chi connectivity index (χ0) is 23.3. The first-order chi connectivity index (χ1) is 15.4. The Balaban J connectivity index is 1.96. The molecule has 3 rings (SSSR count). The highest BCUT2D eigenvalue weighted by Gasteiger charge is 2.23. The zero-order valence-electron chi connectivity index (χ0n) is 18.3. The smallest absolute Gasteiger partial charge is 0.337 e. The lowest BCUT2D eigenvalue weighted by Gasteiger charge is -2.09. The lowest BCUT2D eigenvalue weighted by Crippen LogP contribution is -2.30. The summed E-state index contributed by atoms with van der Waals surface area (Å²) in [6.07, 6.45) is 2.53. The van der Waals surface area contributed by atoms with Gasteiger partial charge in [-0.25, -0.2) is 14.2 Å². The molecule has 0 aliphatic rings. The van der Waals surface area contributed by atoms with Crippen LogP contribution in [0.25, 0.3) is 11.1 Å². The molecule has 0 bridgehead atoms. The van der Waals surface area contributed by atoms with Gasteiger partial charge >= 0.3 is 11.7 Å². The van der Waals surface area contributed by atoms with Gasteiger partial charge in [-0.05, 0) is 42.0 Å². The lowest BCUT2D eigenvalue weighted by molar-refractivity contribution is 0.0697. The van der Waals surface area contributed by atoms with E-state index in [1.165, 1.54) is 4.57 Å². The number of hydrogen-bond acceptors (Lipinski definition) is 3. The number of carboxylic acids is 1. The minimum absolute atomic E-state index is 0.103. The maximum atomic E-state index is 15.0. The third-order valence-electron chi connectivity index (χ3n) is 5.43. The number of carbonyl (C=O) groups excluding carboxylic acids is 1. The summed E-state index contributed by atoms with van der Waals surface area (Å²) in [6.45, 7) is 3.91. The third-order valence-corrected chi connectivity index (χ3v) is 5.43. The molecule has 32 heavy (non-hydrogen) atoms. The first kappa shape index (κ1) is 23.2. The fourth-order valence-corrected chi connectivity index (χ4v) is 3.74. The van der Waals surface area contributed by atoms with Crippen LogP contribution in [0, 0.1) is 5.95 Å².